The molecule has 1 aliphatic rings. The number of carbonyl (C=O) groups excluding carboxylic acids is 2. The van der Waals surface area contributed by atoms with Gasteiger partial charge in [-0.25, -0.2) is 14.5 Å². The Kier molecular flexibility index (Phi) is 5.84. The van der Waals surface area contributed by atoms with Crippen molar-refractivity contribution in [2.75, 3.05) is 13.2 Å². The SMILES string of the molecule is O=C(OCCNC(=O)C1CCCC1)c1cnc2c(cnn2Cc2ccccc2)c1. The van der Waals surface area contributed by atoms with Crippen LogP contribution in [0.4, 0.5) is 0 Å². The Morgan fingerprint density at radius 3 is 2.72 bits per heavy atom. The summed E-state index contributed by atoms with van der Waals surface area (Å²) in [4.78, 5) is 28.7. The van der Waals surface area contributed by atoms with E-state index in [4.69, 9.17) is 4.74 Å². The van der Waals surface area contributed by atoms with Crippen molar-refractivity contribution in [2.45, 2.75) is 32.2 Å². The molecule has 2 aromatic heterocycles. The van der Waals surface area contributed by atoms with Crippen LogP contribution in [0, 0.1) is 5.92 Å². The second kappa shape index (κ2) is 8.86. The molecule has 0 unspecified atom stereocenters. The molecule has 1 aromatic carbocycles. The Hall–Kier alpha value is -3.22. The predicted molar refractivity (Wildman–Crippen MR) is 108 cm³/mol. The van der Waals surface area contributed by atoms with Crippen molar-refractivity contribution in [3.63, 3.8) is 0 Å². The Balaban J connectivity index is 1.32. The highest BCUT2D eigenvalue weighted by molar-refractivity contribution is 5.93. The fourth-order valence-electron chi connectivity index (χ4n) is 3.69. The number of hydrogen-bond acceptors (Lipinski definition) is 5. The first-order valence-electron chi connectivity index (χ1n) is 10.0. The van der Waals surface area contributed by atoms with Crippen LogP contribution in [0.2, 0.25) is 0 Å². The van der Waals surface area contributed by atoms with E-state index < -0.39 is 5.97 Å². The Bertz CT molecular complexity index is 994. The van der Waals surface area contributed by atoms with E-state index in [-0.39, 0.29) is 18.4 Å². The summed E-state index contributed by atoms with van der Waals surface area (Å²) in [7, 11) is 0. The number of aromatic nitrogens is 3. The van der Waals surface area contributed by atoms with Crippen LogP contribution in [-0.4, -0.2) is 39.8 Å². The first-order chi connectivity index (χ1) is 14.2. The lowest BCUT2D eigenvalue weighted by atomic mass is 10.1. The predicted octanol–water partition coefficient (Wildman–Crippen LogP) is 2.94. The van der Waals surface area contributed by atoms with Gasteiger partial charge in [0, 0.05) is 17.5 Å². The molecule has 0 bridgehead atoms. The highest BCUT2D eigenvalue weighted by atomic mass is 16.5. The molecule has 0 aliphatic heterocycles. The van der Waals surface area contributed by atoms with Crippen molar-refractivity contribution < 1.29 is 14.3 Å². The van der Waals surface area contributed by atoms with Crippen LogP contribution in [0.25, 0.3) is 11.0 Å². The van der Waals surface area contributed by atoms with Crippen molar-refractivity contribution in [2.24, 2.45) is 5.92 Å². The zero-order valence-electron chi connectivity index (χ0n) is 16.2. The van der Waals surface area contributed by atoms with Crippen LogP contribution in [-0.2, 0) is 16.1 Å². The molecule has 150 valence electrons. The number of ether oxygens (including phenoxy) is 1. The van der Waals surface area contributed by atoms with Crippen molar-refractivity contribution in [3.05, 3.63) is 59.9 Å². The number of pyridine rings is 1. The van der Waals surface area contributed by atoms with Gasteiger partial charge in [0.2, 0.25) is 5.91 Å². The molecule has 1 amide bonds. The van der Waals surface area contributed by atoms with Gasteiger partial charge in [0.05, 0.1) is 24.8 Å². The zero-order chi connectivity index (χ0) is 20.1. The Labute approximate surface area is 169 Å². The molecule has 0 atom stereocenters. The summed E-state index contributed by atoms with van der Waals surface area (Å²) < 4.78 is 7.08. The minimum atomic E-state index is -0.453. The smallest absolute Gasteiger partial charge is 0.339 e. The number of nitrogens with one attached hydrogen (secondary N) is 1. The monoisotopic (exact) mass is 392 g/mol. The molecule has 3 aromatic rings. The summed E-state index contributed by atoms with van der Waals surface area (Å²) in [6, 6.07) is 11.7. The molecule has 7 heteroatoms. The largest absolute Gasteiger partial charge is 0.460 e. The lowest BCUT2D eigenvalue weighted by Gasteiger charge is -2.10. The summed E-state index contributed by atoms with van der Waals surface area (Å²) in [6.07, 6.45) is 7.34. The first kappa shape index (κ1) is 19.1. The van der Waals surface area contributed by atoms with Gasteiger partial charge in [-0.3, -0.25) is 4.79 Å². The van der Waals surface area contributed by atoms with Crippen molar-refractivity contribution in [3.8, 4) is 0 Å². The molecule has 1 aliphatic carbocycles. The first-order valence-corrected chi connectivity index (χ1v) is 10.0. The van der Waals surface area contributed by atoms with Crippen LogP contribution in [0.3, 0.4) is 0 Å². The Morgan fingerprint density at radius 2 is 1.93 bits per heavy atom. The Morgan fingerprint density at radius 1 is 1.14 bits per heavy atom. The molecule has 7 nitrogen and oxygen atoms in total. The number of amides is 1. The number of fused-ring (bicyclic) bond motifs is 1. The average molecular weight is 392 g/mol. The van der Waals surface area contributed by atoms with E-state index in [9.17, 15) is 9.59 Å². The van der Waals surface area contributed by atoms with Gasteiger partial charge in [-0.05, 0) is 24.5 Å². The van der Waals surface area contributed by atoms with E-state index in [1.165, 1.54) is 6.20 Å². The summed E-state index contributed by atoms with van der Waals surface area (Å²) in [5.41, 5.74) is 2.22. The van der Waals surface area contributed by atoms with Gasteiger partial charge < -0.3 is 10.1 Å². The second-order valence-electron chi connectivity index (χ2n) is 7.33. The maximum absolute atomic E-state index is 12.3. The highest BCUT2D eigenvalue weighted by Gasteiger charge is 2.22. The van der Waals surface area contributed by atoms with Crippen molar-refractivity contribution >= 4 is 22.9 Å². The molecule has 4 rings (SSSR count). The van der Waals surface area contributed by atoms with Gasteiger partial charge in [-0.1, -0.05) is 43.2 Å². The fourth-order valence-corrected chi connectivity index (χ4v) is 3.69. The normalized spacial score (nSPS) is 14.2. The highest BCUT2D eigenvalue weighted by Crippen LogP contribution is 2.24. The lowest BCUT2D eigenvalue weighted by Crippen LogP contribution is -2.32. The number of benzene rings is 1. The average Bonchev–Trinajstić information content (AvgIpc) is 3.42. The molecule has 2 heterocycles. The maximum atomic E-state index is 12.3. The summed E-state index contributed by atoms with van der Waals surface area (Å²) in [5, 5.41) is 8.00. The van der Waals surface area contributed by atoms with Crippen molar-refractivity contribution in [1.29, 1.82) is 0 Å². The van der Waals surface area contributed by atoms with Crippen LogP contribution in [0.1, 0.15) is 41.6 Å². The molecule has 1 fully saturated rings. The van der Waals surface area contributed by atoms with Crippen LogP contribution >= 0.6 is 0 Å². The van der Waals surface area contributed by atoms with E-state index in [2.05, 4.69) is 15.4 Å². The molecular formula is C22H24N4O3. The topological polar surface area (TPSA) is 86.1 Å². The van der Waals surface area contributed by atoms with Gasteiger partial charge in [-0.2, -0.15) is 5.10 Å². The van der Waals surface area contributed by atoms with E-state index >= 15 is 0 Å². The minimum Gasteiger partial charge on any atom is -0.460 e. The molecule has 1 saturated carbocycles. The van der Waals surface area contributed by atoms with Gasteiger partial charge in [0.25, 0.3) is 0 Å². The summed E-state index contributed by atoms with van der Waals surface area (Å²) >= 11 is 0. The summed E-state index contributed by atoms with van der Waals surface area (Å²) in [5.74, 6) is -0.275. The third-order valence-electron chi connectivity index (χ3n) is 5.25. The standard InChI is InChI=1S/C22H24N4O3/c27-21(17-8-4-5-9-17)23-10-11-29-22(28)19-12-18-14-25-26(20(18)24-13-19)15-16-6-2-1-3-7-16/h1-3,6-7,12-14,17H,4-5,8-11,15H2,(H,23,27). The molecular weight excluding hydrogens is 368 g/mol. The van der Waals surface area contributed by atoms with Crippen LogP contribution < -0.4 is 5.32 Å². The fraction of sp³-hybridized carbons (Fsp3) is 0.364. The maximum Gasteiger partial charge on any atom is 0.339 e. The quantitative estimate of drug-likeness (QED) is 0.493. The molecule has 0 saturated heterocycles. The van der Waals surface area contributed by atoms with E-state index in [1.54, 1.807) is 16.9 Å². The minimum absolute atomic E-state index is 0.0625. The molecule has 29 heavy (non-hydrogen) atoms. The number of carbonyl (C=O) groups is 2. The van der Waals surface area contributed by atoms with E-state index in [0.29, 0.717) is 24.3 Å². The van der Waals surface area contributed by atoms with Crippen LogP contribution in [0.15, 0.2) is 48.8 Å². The second-order valence-corrected chi connectivity index (χ2v) is 7.33. The van der Waals surface area contributed by atoms with Crippen LogP contribution in [0.5, 0.6) is 0 Å². The number of hydrogen-bond donors (Lipinski definition) is 1. The molecule has 0 radical (unpaired) electrons. The number of nitrogens with zero attached hydrogens (tertiary/aromatic N) is 3. The molecule has 1 N–H and O–H groups in total. The van der Waals surface area contributed by atoms with E-state index in [1.807, 2.05) is 30.3 Å². The van der Waals surface area contributed by atoms with E-state index in [0.717, 1.165) is 36.6 Å². The number of rotatable bonds is 7. The zero-order valence-corrected chi connectivity index (χ0v) is 16.2. The van der Waals surface area contributed by atoms with Crippen molar-refractivity contribution in [1.82, 2.24) is 20.1 Å². The van der Waals surface area contributed by atoms with Gasteiger partial charge in [0.15, 0.2) is 5.65 Å². The summed E-state index contributed by atoms with van der Waals surface area (Å²) in [6.45, 7) is 1.08. The van der Waals surface area contributed by atoms with Gasteiger partial charge >= 0.3 is 5.97 Å². The molecule has 0 spiro atoms. The van der Waals surface area contributed by atoms with Gasteiger partial charge in [0.1, 0.15) is 6.61 Å². The lowest BCUT2D eigenvalue weighted by molar-refractivity contribution is -0.124. The van der Waals surface area contributed by atoms with Gasteiger partial charge in [-0.15, -0.1) is 0 Å². The number of esters is 1. The third-order valence-corrected chi connectivity index (χ3v) is 5.25. The third kappa shape index (κ3) is 4.62.